The van der Waals surface area contributed by atoms with Crippen molar-refractivity contribution >= 4 is 16.9 Å². The Hall–Kier alpha value is -1.08. The second-order valence-corrected chi connectivity index (χ2v) is 7.38. The maximum absolute atomic E-state index is 5.77. The van der Waals surface area contributed by atoms with Gasteiger partial charge in [-0.3, -0.25) is 9.83 Å². The van der Waals surface area contributed by atoms with Gasteiger partial charge in [0, 0.05) is 37.6 Å². The highest BCUT2D eigenvalue weighted by Crippen LogP contribution is 2.46. The Bertz CT molecular complexity index is 609. The van der Waals surface area contributed by atoms with Crippen molar-refractivity contribution in [2.75, 3.05) is 40.5 Å². The van der Waals surface area contributed by atoms with Crippen LogP contribution in [0, 0.1) is 5.92 Å². The molecule has 0 unspecified atom stereocenters. The van der Waals surface area contributed by atoms with E-state index in [0.717, 1.165) is 24.7 Å². The van der Waals surface area contributed by atoms with E-state index in [-0.39, 0.29) is 0 Å². The smallest absolute Gasteiger partial charge is 0.164 e. The van der Waals surface area contributed by atoms with E-state index < -0.39 is 0 Å². The van der Waals surface area contributed by atoms with Gasteiger partial charge in [-0.15, -0.1) is 0 Å². The minimum atomic E-state index is 0.402. The SMILES string of the molecule is COCCN=C1Sc2ccccc2[C@@H]2C[C@H]3[C@H](CON3C)CN12. The molecule has 0 bridgehead atoms. The van der Waals surface area contributed by atoms with Gasteiger partial charge >= 0.3 is 0 Å². The first-order chi connectivity index (χ1) is 11.3. The molecule has 0 amide bonds. The van der Waals surface area contributed by atoms with Crippen LogP contribution in [0.2, 0.25) is 0 Å². The molecule has 1 aromatic rings. The zero-order chi connectivity index (χ0) is 15.8. The summed E-state index contributed by atoms with van der Waals surface area (Å²) in [5.41, 5.74) is 1.43. The number of piperidine rings is 1. The number of rotatable bonds is 3. The van der Waals surface area contributed by atoms with Crippen LogP contribution in [0.15, 0.2) is 34.2 Å². The number of hydrogen-bond donors (Lipinski definition) is 0. The lowest BCUT2D eigenvalue weighted by Gasteiger charge is -2.46. The van der Waals surface area contributed by atoms with Crippen LogP contribution >= 0.6 is 11.8 Å². The summed E-state index contributed by atoms with van der Waals surface area (Å²) >= 11 is 1.79. The fraction of sp³-hybridized carbons (Fsp3) is 0.588. The van der Waals surface area contributed by atoms with E-state index in [1.54, 1.807) is 18.9 Å². The number of methoxy groups -OCH3 is 1. The number of amidine groups is 1. The van der Waals surface area contributed by atoms with Crippen molar-refractivity contribution in [1.82, 2.24) is 9.96 Å². The average molecular weight is 333 g/mol. The molecule has 0 spiro atoms. The fourth-order valence-electron chi connectivity index (χ4n) is 3.84. The lowest BCUT2D eigenvalue weighted by Crippen LogP contribution is -2.50. The van der Waals surface area contributed by atoms with Crippen molar-refractivity contribution < 1.29 is 9.57 Å². The first-order valence-corrected chi connectivity index (χ1v) is 9.02. The van der Waals surface area contributed by atoms with Crippen molar-refractivity contribution in [1.29, 1.82) is 0 Å². The summed E-state index contributed by atoms with van der Waals surface area (Å²) in [5.74, 6) is 0.565. The third-order valence-electron chi connectivity index (χ3n) is 5.04. The normalized spacial score (nSPS) is 31.8. The van der Waals surface area contributed by atoms with Crippen LogP contribution in [0.5, 0.6) is 0 Å². The third kappa shape index (κ3) is 2.78. The minimum absolute atomic E-state index is 0.402. The van der Waals surface area contributed by atoms with Crippen molar-refractivity contribution in [2.45, 2.75) is 23.4 Å². The Kier molecular flexibility index (Phi) is 4.32. The van der Waals surface area contributed by atoms with E-state index in [0.29, 0.717) is 31.2 Å². The predicted molar refractivity (Wildman–Crippen MR) is 91.5 cm³/mol. The molecule has 4 rings (SSSR count). The van der Waals surface area contributed by atoms with Crippen molar-refractivity contribution in [3.63, 3.8) is 0 Å². The van der Waals surface area contributed by atoms with Gasteiger partial charge in [0.15, 0.2) is 5.17 Å². The standard InChI is InChI=1S/C17H23N3O2S/c1-19-14-9-15-13-5-3-4-6-16(13)23-17(18-7-8-21-2)20(15)10-12(14)11-22-19/h3-6,12,14-15H,7-11H2,1-2H3/t12-,14-,15-/m0/s1. The molecule has 3 aliphatic heterocycles. The van der Waals surface area contributed by atoms with Crippen LogP contribution in [0.4, 0.5) is 0 Å². The molecule has 0 aliphatic carbocycles. The largest absolute Gasteiger partial charge is 0.383 e. The first kappa shape index (κ1) is 15.4. The molecule has 2 saturated heterocycles. The van der Waals surface area contributed by atoms with Crippen molar-refractivity contribution in [3.8, 4) is 0 Å². The molecule has 5 nitrogen and oxygen atoms in total. The first-order valence-electron chi connectivity index (χ1n) is 8.20. The van der Waals surface area contributed by atoms with Crippen LogP contribution in [0.25, 0.3) is 0 Å². The van der Waals surface area contributed by atoms with Crippen LogP contribution in [0.1, 0.15) is 18.0 Å². The molecule has 0 N–H and O–H groups in total. The summed E-state index contributed by atoms with van der Waals surface area (Å²) < 4.78 is 5.16. The Morgan fingerprint density at radius 1 is 1.39 bits per heavy atom. The quantitative estimate of drug-likeness (QED) is 0.794. The van der Waals surface area contributed by atoms with Crippen LogP contribution in [0.3, 0.4) is 0 Å². The van der Waals surface area contributed by atoms with Gasteiger partial charge in [0.2, 0.25) is 0 Å². The van der Waals surface area contributed by atoms with E-state index in [9.17, 15) is 0 Å². The minimum Gasteiger partial charge on any atom is -0.383 e. The van der Waals surface area contributed by atoms with E-state index in [2.05, 4.69) is 41.3 Å². The van der Waals surface area contributed by atoms with Gasteiger partial charge in [-0.05, 0) is 18.1 Å². The van der Waals surface area contributed by atoms with Gasteiger partial charge < -0.3 is 9.64 Å². The number of hydroxylamine groups is 2. The summed E-state index contributed by atoms with van der Waals surface area (Å²) in [6.07, 6.45) is 1.10. The number of hydrogen-bond acceptors (Lipinski definition) is 5. The third-order valence-corrected chi connectivity index (χ3v) is 6.18. The molecular weight excluding hydrogens is 310 g/mol. The number of fused-ring (bicyclic) bond motifs is 4. The molecule has 2 fully saturated rings. The predicted octanol–water partition coefficient (Wildman–Crippen LogP) is 2.40. The van der Waals surface area contributed by atoms with Crippen LogP contribution < -0.4 is 0 Å². The topological polar surface area (TPSA) is 37.3 Å². The molecule has 23 heavy (non-hydrogen) atoms. The van der Waals surface area contributed by atoms with Crippen molar-refractivity contribution in [2.24, 2.45) is 10.9 Å². The second kappa shape index (κ2) is 6.43. The second-order valence-electron chi connectivity index (χ2n) is 6.37. The Morgan fingerprint density at radius 2 is 2.26 bits per heavy atom. The molecule has 6 heteroatoms. The maximum Gasteiger partial charge on any atom is 0.164 e. The number of ether oxygens (including phenoxy) is 1. The summed E-state index contributed by atoms with van der Waals surface area (Å²) in [4.78, 5) is 14.4. The van der Waals surface area contributed by atoms with Crippen molar-refractivity contribution in [3.05, 3.63) is 29.8 Å². The summed E-state index contributed by atoms with van der Waals surface area (Å²) in [6.45, 7) is 3.23. The molecule has 0 aromatic heterocycles. The Balaban J connectivity index is 1.67. The molecular formula is C17H23N3O2S. The number of nitrogens with zero attached hydrogens (tertiary/aromatic N) is 3. The Morgan fingerprint density at radius 3 is 3.13 bits per heavy atom. The monoisotopic (exact) mass is 333 g/mol. The highest BCUT2D eigenvalue weighted by molar-refractivity contribution is 8.14. The Labute approximate surface area is 141 Å². The zero-order valence-corrected chi connectivity index (χ0v) is 14.5. The van der Waals surface area contributed by atoms with Crippen LogP contribution in [-0.2, 0) is 9.57 Å². The lowest BCUT2D eigenvalue weighted by atomic mass is 9.86. The van der Waals surface area contributed by atoms with E-state index in [4.69, 9.17) is 14.6 Å². The molecule has 3 aliphatic rings. The molecule has 3 heterocycles. The maximum atomic E-state index is 5.77. The number of aliphatic imine (C=N–C) groups is 1. The lowest BCUT2D eigenvalue weighted by molar-refractivity contribution is -0.113. The van der Waals surface area contributed by atoms with E-state index in [1.165, 1.54) is 10.5 Å². The zero-order valence-electron chi connectivity index (χ0n) is 13.6. The number of benzene rings is 1. The molecule has 0 radical (unpaired) electrons. The summed E-state index contributed by atoms with van der Waals surface area (Å²) in [6, 6.07) is 9.65. The van der Waals surface area contributed by atoms with Gasteiger partial charge in [0.25, 0.3) is 0 Å². The van der Waals surface area contributed by atoms with Gasteiger partial charge in [-0.25, -0.2) is 0 Å². The van der Waals surface area contributed by atoms with E-state index in [1.807, 2.05) is 0 Å². The summed E-state index contributed by atoms with van der Waals surface area (Å²) in [7, 11) is 3.79. The molecule has 124 valence electrons. The van der Waals surface area contributed by atoms with Gasteiger partial charge in [-0.2, -0.15) is 5.06 Å². The van der Waals surface area contributed by atoms with E-state index >= 15 is 0 Å². The average Bonchev–Trinajstić information content (AvgIpc) is 2.94. The highest BCUT2D eigenvalue weighted by Gasteiger charge is 2.45. The molecule has 0 saturated carbocycles. The van der Waals surface area contributed by atoms with Gasteiger partial charge in [0.1, 0.15) is 0 Å². The molecule has 3 atom stereocenters. The molecule has 1 aromatic carbocycles. The van der Waals surface area contributed by atoms with Crippen LogP contribution in [-0.4, -0.2) is 61.6 Å². The number of thioether (sulfide) groups is 1. The van der Waals surface area contributed by atoms with Gasteiger partial charge in [-0.1, -0.05) is 30.0 Å². The summed E-state index contributed by atoms with van der Waals surface area (Å²) in [5, 5.41) is 3.20. The van der Waals surface area contributed by atoms with Gasteiger partial charge in [0.05, 0.1) is 25.8 Å². The highest BCUT2D eigenvalue weighted by atomic mass is 32.2. The fourth-order valence-corrected chi connectivity index (χ4v) is 4.98.